The molecule has 1 aliphatic carbocycles. The number of nitrogens with zero attached hydrogens (tertiary/aromatic N) is 2. The molecule has 2 aliphatic rings. The molecule has 39 heavy (non-hydrogen) atoms. The zero-order valence-corrected chi connectivity index (χ0v) is 24.6. The molecule has 0 radical (unpaired) electrons. The van der Waals surface area contributed by atoms with Crippen LogP contribution in [0.25, 0.3) is 0 Å². The summed E-state index contributed by atoms with van der Waals surface area (Å²) in [4.78, 5) is 30.7. The maximum atomic E-state index is 14.1. The standard InChI is InChI=1S/C30H50N4O5/c1-21-18-34(22(2)20-35)29(36)26-17-25(32-30(37)31-24-12-7-6-8-13-24)14-15-27(26)39-23(3)11-9-10-16-38-28(21)19-33(4)5/h14-15,17,21-24,28,35H,6-13,16,18-20H2,1-5H3,(H2,31,32,37)/t21-,22+,23+,28-/m1/s1. The molecule has 1 fully saturated rings. The minimum atomic E-state index is -0.399. The number of likely N-dealkylation sites (N-methyl/N-ethyl adjacent to an activating group) is 1. The monoisotopic (exact) mass is 546 g/mol. The lowest BCUT2D eigenvalue weighted by molar-refractivity contribution is -0.0137. The Morgan fingerprint density at radius 1 is 1.13 bits per heavy atom. The van der Waals surface area contributed by atoms with Crippen LogP contribution in [-0.4, -0.2) is 91.5 Å². The average Bonchev–Trinajstić information content (AvgIpc) is 2.90. The van der Waals surface area contributed by atoms with E-state index in [0.29, 0.717) is 30.2 Å². The van der Waals surface area contributed by atoms with Gasteiger partial charge in [-0.25, -0.2) is 4.79 Å². The predicted octanol–water partition coefficient (Wildman–Crippen LogP) is 4.50. The second kappa shape index (κ2) is 15.4. The van der Waals surface area contributed by atoms with Crippen molar-refractivity contribution in [1.29, 1.82) is 0 Å². The number of anilines is 1. The van der Waals surface area contributed by atoms with Crippen LogP contribution in [0.2, 0.25) is 0 Å². The fourth-order valence-electron chi connectivity index (χ4n) is 5.42. The summed E-state index contributed by atoms with van der Waals surface area (Å²) in [6, 6.07) is 4.78. The molecule has 0 aromatic heterocycles. The summed E-state index contributed by atoms with van der Waals surface area (Å²) >= 11 is 0. The van der Waals surface area contributed by atoms with Crippen molar-refractivity contribution in [1.82, 2.24) is 15.1 Å². The molecule has 9 nitrogen and oxygen atoms in total. The molecule has 0 spiro atoms. The van der Waals surface area contributed by atoms with Gasteiger partial charge in [-0.3, -0.25) is 4.79 Å². The zero-order chi connectivity index (χ0) is 28.4. The molecule has 1 aromatic rings. The Morgan fingerprint density at radius 2 is 1.85 bits per heavy atom. The van der Waals surface area contributed by atoms with Crippen molar-refractivity contribution in [2.75, 3.05) is 45.7 Å². The van der Waals surface area contributed by atoms with Gasteiger partial charge in [0.25, 0.3) is 5.91 Å². The first-order valence-electron chi connectivity index (χ1n) is 14.7. The van der Waals surface area contributed by atoms with E-state index in [4.69, 9.17) is 9.47 Å². The maximum Gasteiger partial charge on any atom is 0.319 e. The van der Waals surface area contributed by atoms with Gasteiger partial charge in [0.2, 0.25) is 0 Å². The van der Waals surface area contributed by atoms with Crippen LogP contribution in [0.4, 0.5) is 10.5 Å². The number of ether oxygens (including phenoxy) is 2. The molecule has 1 heterocycles. The summed E-state index contributed by atoms with van der Waals surface area (Å²) in [6.07, 6.45) is 8.06. The van der Waals surface area contributed by atoms with E-state index in [1.54, 1.807) is 23.1 Å². The molecule has 0 saturated heterocycles. The van der Waals surface area contributed by atoms with Crippen molar-refractivity contribution in [2.45, 2.75) is 96.4 Å². The Balaban J connectivity index is 1.90. The summed E-state index contributed by atoms with van der Waals surface area (Å²) in [5.74, 6) is 0.299. The summed E-state index contributed by atoms with van der Waals surface area (Å²) in [5, 5.41) is 16.1. The molecule has 1 saturated carbocycles. The highest BCUT2D eigenvalue weighted by molar-refractivity contribution is 5.99. The topological polar surface area (TPSA) is 103 Å². The lowest BCUT2D eigenvalue weighted by Gasteiger charge is -2.35. The molecule has 1 aliphatic heterocycles. The molecular weight excluding hydrogens is 496 g/mol. The van der Waals surface area contributed by atoms with Gasteiger partial charge in [-0.1, -0.05) is 26.2 Å². The van der Waals surface area contributed by atoms with E-state index in [-0.39, 0.29) is 42.7 Å². The summed E-state index contributed by atoms with van der Waals surface area (Å²) < 4.78 is 12.6. The molecule has 4 atom stereocenters. The van der Waals surface area contributed by atoms with Crippen LogP contribution >= 0.6 is 0 Å². The van der Waals surface area contributed by atoms with Gasteiger partial charge in [0.15, 0.2) is 0 Å². The molecule has 3 N–H and O–H groups in total. The van der Waals surface area contributed by atoms with Crippen molar-refractivity contribution in [3.8, 4) is 5.75 Å². The molecule has 220 valence electrons. The number of hydrogen-bond acceptors (Lipinski definition) is 6. The number of nitrogens with one attached hydrogen (secondary N) is 2. The summed E-state index contributed by atoms with van der Waals surface area (Å²) in [5.41, 5.74) is 0.915. The van der Waals surface area contributed by atoms with Crippen LogP contribution in [0.1, 0.15) is 82.5 Å². The quantitative estimate of drug-likeness (QED) is 0.486. The highest BCUT2D eigenvalue weighted by Gasteiger charge is 2.30. The number of aliphatic hydroxyl groups is 1. The van der Waals surface area contributed by atoms with Crippen LogP contribution in [-0.2, 0) is 4.74 Å². The largest absolute Gasteiger partial charge is 0.490 e. The van der Waals surface area contributed by atoms with E-state index in [1.165, 1.54) is 6.42 Å². The minimum absolute atomic E-state index is 0.0409. The Morgan fingerprint density at radius 3 is 2.54 bits per heavy atom. The van der Waals surface area contributed by atoms with Crippen molar-refractivity contribution in [3.05, 3.63) is 23.8 Å². The van der Waals surface area contributed by atoms with Gasteiger partial charge in [-0.05, 0) is 78.2 Å². The Hall–Kier alpha value is -2.36. The number of hydrogen-bond donors (Lipinski definition) is 3. The van der Waals surface area contributed by atoms with E-state index in [1.807, 2.05) is 27.9 Å². The first-order chi connectivity index (χ1) is 18.7. The first kappa shape index (κ1) is 31.2. The third kappa shape index (κ3) is 9.65. The molecule has 3 rings (SSSR count). The van der Waals surface area contributed by atoms with Crippen LogP contribution in [0, 0.1) is 5.92 Å². The molecule has 0 bridgehead atoms. The molecule has 9 heteroatoms. The van der Waals surface area contributed by atoms with Crippen LogP contribution in [0.15, 0.2) is 18.2 Å². The normalized spacial score (nSPS) is 24.8. The molecule has 0 unspecified atom stereocenters. The SMILES string of the molecule is C[C@@H]1CN([C@@H](C)CO)C(=O)c2cc(NC(=O)NC3CCCCC3)ccc2O[C@@H](C)CCCCO[C@@H]1CN(C)C. The Bertz CT molecular complexity index is 921. The number of carbonyl (C=O) groups excluding carboxylic acids is 2. The van der Waals surface area contributed by atoms with Crippen molar-refractivity contribution in [2.24, 2.45) is 5.92 Å². The van der Waals surface area contributed by atoms with Crippen molar-refractivity contribution in [3.63, 3.8) is 0 Å². The molecule has 1 aromatic carbocycles. The van der Waals surface area contributed by atoms with Gasteiger partial charge in [-0.15, -0.1) is 0 Å². The Kier molecular flexibility index (Phi) is 12.3. The number of rotatable bonds is 6. The fourth-order valence-corrected chi connectivity index (χ4v) is 5.42. The number of fused-ring (bicyclic) bond motifs is 1. The van der Waals surface area contributed by atoms with E-state index in [9.17, 15) is 14.7 Å². The van der Waals surface area contributed by atoms with Crippen molar-refractivity contribution < 1.29 is 24.2 Å². The third-order valence-electron chi connectivity index (χ3n) is 7.79. The van der Waals surface area contributed by atoms with E-state index >= 15 is 0 Å². The minimum Gasteiger partial charge on any atom is -0.490 e. The van der Waals surface area contributed by atoms with E-state index in [0.717, 1.165) is 51.5 Å². The lowest BCUT2D eigenvalue weighted by atomic mass is 9.96. The predicted molar refractivity (Wildman–Crippen MR) is 154 cm³/mol. The van der Waals surface area contributed by atoms with Gasteiger partial charge < -0.3 is 35.0 Å². The maximum absolute atomic E-state index is 14.1. The average molecular weight is 547 g/mol. The highest BCUT2D eigenvalue weighted by atomic mass is 16.5. The second-order valence-corrected chi connectivity index (χ2v) is 11.7. The van der Waals surface area contributed by atoms with E-state index < -0.39 is 6.04 Å². The number of amides is 3. The second-order valence-electron chi connectivity index (χ2n) is 11.7. The number of aliphatic hydroxyl groups excluding tert-OH is 1. The van der Waals surface area contributed by atoms with E-state index in [2.05, 4.69) is 22.5 Å². The first-order valence-corrected chi connectivity index (χ1v) is 14.7. The smallest absolute Gasteiger partial charge is 0.319 e. The van der Waals surface area contributed by atoms with Gasteiger partial charge >= 0.3 is 6.03 Å². The summed E-state index contributed by atoms with van der Waals surface area (Å²) in [6.45, 7) is 7.62. The van der Waals surface area contributed by atoms with Gasteiger partial charge in [0, 0.05) is 37.3 Å². The van der Waals surface area contributed by atoms with Crippen LogP contribution < -0.4 is 15.4 Å². The number of benzene rings is 1. The third-order valence-corrected chi connectivity index (χ3v) is 7.79. The van der Waals surface area contributed by atoms with Gasteiger partial charge in [0.05, 0.1) is 30.4 Å². The fraction of sp³-hybridized carbons (Fsp3) is 0.733. The highest BCUT2D eigenvalue weighted by Crippen LogP contribution is 2.28. The molecule has 3 amide bonds. The van der Waals surface area contributed by atoms with Gasteiger partial charge in [-0.2, -0.15) is 0 Å². The Labute approximate surface area is 234 Å². The van der Waals surface area contributed by atoms with Crippen LogP contribution in [0.3, 0.4) is 0 Å². The number of carbonyl (C=O) groups is 2. The zero-order valence-electron chi connectivity index (χ0n) is 24.6. The summed E-state index contributed by atoms with van der Waals surface area (Å²) in [7, 11) is 4.05. The number of urea groups is 1. The lowest BCUT2D eigenvalue weighted by Crippen LogP contribution is -2.47. The van der Waals surface area contributed by atoms with Crippen molar-refractivity contribution >= 4 is 17.6 Å². The van der Waals surface area contributed by atoms with Gasteiger partial charge in [0.1, 0.15) is 5.75 Å². The van der Waals surface area contributed by atoms with Crippen LogP contribution in [0.5, 0.6) is 5.75 Å². The molecular formula is C30H50N4O5.